The van der Waals surface area contributed by atoms with Crippen molar-refractivity contribution in [2.45, 2.75) is 5.41 Å². The van der Waals surface area contributed by atoms with E-state index in [2.05, 4.69) is 205 Å². The van der Waals surface area contributed by atoms with Crippen LogP contribution < -0.4 is 4.90 Å². The summed E-state index contributed by atoms with van der Waals surface area (Å²) in [5, 5.41) is 5.10. The molecule has 0 heterocycles. The number of hydrogen-bond donors (Lipinski definition) is 0. The topological polar surface area (TPSA) is 3.24 Å². The Hall–Kier alpha value is -6.70. The lowest BCUT2D eigenvalue weighted by molar-refractivity contribution is 0.795. The number of para-hydroxylation sites is 2. The lowest BCUT2D eigenvalue weighted by Gasteiger charge is -2.32. The lowest BCUT2D eigenvalue weighted by atomic mass is 9.70. The van der Waals surface area contributed by atoms with E-state index in [1.54, 1.807) is 0 Å². The van der Waals surface area contributed by atoms with Crippen molar-refractivity contribution in [3.05, 3.63) is 222 Å². The van der Waals surface area contributed by atoms with Gasteiger partial charge in [-0.15, -0.1) is 0 Å². The van der Waals surface area contributed by atoms with E-state index in [0.717, 1.165) is 11.4 Å². The fourth-order valence-corrected chi connectivity index (χ4v) is 9.37. The third-order valence-electron chi connectivity index (χ3n) is 11.4. The second-order valence-corrected chi connectivity index (χ2v) is 14.0. The first-order valence-corrected chi connectivity index (χ1v) is 18.1. The van der Waals surface area contributed by atoms with Gasteiger partial charge in [0.1, 0.15) is 0 Å². The average molecular weight is 660 g/mol. The molecule has 0 aliphatic heterocycles. The minimum atomic E-state index is -0.472. The fraction of sp³-hybridized carbons (Fsp3) is 0.0196. The molecule has 9 aromatic rings. The summed E-state index contributed by atoms with van der Waals surface area (Å²) < 4.78 is 0. The van der Waals surface area contributed by atoms with Crippen LogP contribution in [0.15, 0.2) is 200 Å². The van der Waals surface area contributed by atoms with Crippen LogP contribution in [0.1, 0.15) is 22.3 Å². The number of rotatable bonds is 4. The summed E-state index contributed by atoms with van der Waals surface area (Å²) in [5.41, 5.74) is 15.9. The van der Waals surface area contributed by atoms with Gasteiger partial charge in [0.05, 0.1) is 16.8 Å². The van der Waals surface area contributed by atoms with Crippen LogP contribution in [0.2, 0.25) is 0 Å². The quantitative estimate of drug-likeness (QED) is 0.170. The number of nitrogens with zero attached hydrogens (tertiary/aromatic N) is 1. The van der Waals surface area contributed by atoms with E-state index >= 15 is 0 Å². The second kappa shape index (κ2) is 11.2. The SMILES string of the molecule is c1ccc(-c2ccccc2N(c2ccccc2)c2cccc3c2-c2cc4ccc5ccccc5c4cc2C32c3ccccc3-c3ccccc32)cc1. The minimum absolute atomic E-state index is 0.472. The molecule has 242 valence electrons. The Morgan fingerprint density at radius 1 is 0.327 bits per heavy atom. The molecule has 0 bridgehead atoms. The molecule has 2 aliphatic rings. The van der Waals surface area contributed by atoms with Gasteiger partial charge in [-0.2, -0.15) is 0 Å². The molecule has 52 heavy (non-hydrogen) atoms. The zero-order valence-corrected chi connectivity index (χ0v) is 28.5. The summed E-state index contributed by atoms with van der Waals surface area (Å²) in [6.45, 7) is 0. The highest BCUT2D eigenvalue weighted by molar-refractivity contribution is 6.12. The molecule has 11 rings (SSSR count). The number of fused-ring (bicyclic) bond motifs is 13. The molecule has 1 spiro atoms. The van der Waals surface area contributed by atoms with Crippen molar-refractivity contribution in [2.75, 3.05) is 4.90 Å². The van der Waals surface area contributed by atoms with E-state index in [1.807, 2.05) is 0 Å². The maximum absolute atomic E-state index is 2.53. The maximum Gasteiger partial charge on any atom is 0.0726 e. The minimum Gasteiger partial charge on any atom is -0.309 e. The van der Waals surface area contributed by atoms with Crippen LogP contribution >= 0.6 is 0 Å². The molecule has 9 aromatic carbocycles. The standard InChI is InChI=1S/C51H33N/c1-3-16-34(17-4-1)39-22-11-14-28-48(39)52(37-19-5-2-6-20-37)49-29-15-27-46-50(49)43-32-36-31-30-35-18-7-8-21-38(35)42(36)33-47(43)51(46)44-25-12-9-23-40(44)41-24-10-13-26-45(41)51/h1-33H. The van der Waals surface area contributed by atoms with Crippen LogP contribution in [0.5, 0.6) is 0 Å². The predicted octanol–water partition coefficient (Wildman–Crippen LogP) is 13.5. The average Bonchev–Trinajstić information content (AvgIpc) is 3.68. The molecule has 0 atom stereocenters. The van der Waals surface area contributed by atoms with Crippen molar-refractivity contribution in [3.63, 3.8) is 0 Å². The molecule has 0 N–H and O–H groups in total. The van der Waals surface area contributed by atoms with E-state index < -0.39 is 5.41 Å². The van der Waals surface area contributed by atoms with Crippen molar-refractivity contribution in [2.24, 2.45) is 0 Å². The number of benzene rings is 9. The Bertz CT molecular complexity index is 2800. The van der Waals surface area contributed by atoms with Crippen molar-refractivity contribution in [3.8, 4) is 33.4 Å². The van der Waals surface area contributed by atoms with Gasteiger partial charge >= 0.3 is 0 Å². The van der Waals surface area contributed by atoms with E-state index in [9.17, 15) is 0 Å². The van der Waals surface area contributed by atoms with Crippen LogP contribution in [0.4, 0.5) is 17.1 Å². The maximum atomic E-state index is 2.53. The van der Waals surface area contributed by atoms with Crippen LogP contribution in [0.25, 0.3) is 54.9 Å². The fourth-order valence-electron chi connectivity index (χ4n) is 9.37. The van der Waals surface area contributed by atoms with Gasteiger partial charge in [-0.25, -0.2) is 0 Å². The van der Waals surface area contributed by atoms with Crippen molar-refractivity contribution in [1.82, 2.24) is 0 Å². The number of hydrogen-bond acceptors (Lipinski definition) is 1. The van der Waals surface area contributed by atoms with Crippen molar-refractivity contribution < 1.29 is 0 Å². The van der Waals surface area contributed by atoms with Crippen LogP contribution in [0.3, 0.4) is 0 Å². The van der Waals surface area contributed by atoms with Gasteiger partial charge in [0, 0.05) is 16.8 Å². The molecule has 0 fully saturated rings. The van der Waals surface area contributed by atoms with E-state index in [4.69, 9.17) is 0 Å². The first-order chi connectivity index (χ1) is 25.8. The van der Waals surface area contributed by atoms with E-state index in [1.165, 1.54) is 82.9 Å². The molecule has 2 aliphatic carbocycles. The van der Waals surface area contributed by atoms with Gasteiger partial charge in [-0.05, 0) is 102 Å². The summed E-state index contributed by atoms with van der Waals surface area (Å²) in [6.07, 6.45) is 0. The Kier molecular flexibility index (Phi) is 6.23. The second-order valence-electron chi connectivity index (χ2n) is 14.0. The van der Waals surface area contributed by atoms with Crippen LogP contribution in [0, 0.1) is 0 Å². The highest BCUT2D eigenvalue weighted by Gasteiger charge is 2.52. The highest BCUT2D eigenvalue weighted by Crippen LogP contribution is 2.65. The summed E-state index contributed by atoms with van der Waals surface area (Å²) in [7, 11) is 0. The Balaban J connectivity index is 1.30. The third-order valence-corrected chi connectivity index (χ3v) is 11.4. The molecule has 0 amide bonds. The van der Waals surface area contributed by atoms with Crippen LogP contribution in [-0.4, -0.2) is 0 Å². The van der Waals surface area contributed by atoms with E-state index in [0.29, 0.717) is 0 Å². The predicted molar refractivity (Wildman–Crippen MR) is 218 cm³/mol. The van der Waals surface area contributed by atoms with Crippen LogP contribution in [-0.2, 0) is 5.41 Å². The van der Waals surface area contributed by atoms with Gasteiger partial charge in [0.15, 0.2) is 0 Å². The molecule has 0 saturated carbocycles. The van der Waals surface area contributed by atoms with Crippen molar-refractivity contribution >= 4 is 38.6 Å². The zero-order chi connectivity index (χ0) is 34.2. The summed E-state index contributed by atoms with van der Waals surface area (Å²) in [4.78, 5) is 2.49. The Morgan fingerprint density at radius 3 is 1.67 bits per heavy atom. The normalized spacial score (nSPS) is 13.2. The third kappa shape index (κ3) is 3.94. The van der Waals surface area contributed by atoms with Crippen molar-refractivity contribution in [1.29, 1.82) is 0 Å². The highest BCUT2D eigenvalue weighted by atomic mass is 15.1. The van der Waals surface area contributed by atoms with Gasteiger partial charge in [-0.3, -0.25) is 0 Å². The Morgan fingerprint density at radius 2 is 0.904 bits per heavy atom. The van der Waals surface area contributed by atoms with E-state index in [-0.39, 0.29) is 0 Å². The zero-order valence-electron chi connectivity index (χ0n) is 28.5. The van der Waals surface area contributed by atoms with Gasteiger partial charge < -0.3 is 4.90 Å². The molecule has 0 unspecified atom stereocenters. The smallest absolute Gasteiger partial charge is 0.0726 e. The first kappa shape index (κ1) is 29.1. The molecule has 0 radical (unpaired) electrons. The summed E-state index contributed by atoms with van der Waals surface area (Å²) in [5.74, 6) is 0. The summed E-state index contributed by atoms with van der Waals surface area (Å²) in [6, 6.07) is 74.1. The Labute approximate surface area is 303 Å². The van der Waals surface area contributed by atoms with Gasteiger partial charge in [-0.1, -0.05) is 164 Å². The summed E-state index contributed by atoms with van der Waals surface area (Å²) >= 11 is 0. The van der Waals surface area contributed by atoms with Gasteiger partial charge in [0.25, 0.3) is 0 Å². The molecule has 1 heteroatoms. The molecule has 1 nitrogen and oxygen atoms in total. The molecule has 0 aromatic heterocycles. The lowest BCUT2D eigenvalue weighted by Crippen LogP contribution is -2.26. The first-order valence-electron chi connectivity index (χ1n) is 18.1. The van der Waals surface area contributed by atoms with Gasteiger partial charge in [0.2, 0.25) is 0 Å². The monoisotopic (exact) mass is 659 g/mol. The number of anilines is 3. The molecular weight excluding hydrogens is 627 g/mol. The largest absolute Gasteiger partial charge is 0.309 e. The molecular formula is C51H33N. The molecule has 0 saturated heterocycles.